The summed E-state index contributed by atoms with van der Waals surface area (Å²) in [6.45, 7) is 4.14. The molecular formula is C13H13NO. The fourth-order valence-electron chi connectivity index (χ4n) is 1.68. The van der Waals surface area contributed by atoms with Crippen LogP contribution in [-0.2, 0) is 0 Å². The maximum absolute atomic E-state index is 10.6. The van der Waals surface area contributed by atoms with E-state index < -0.39 is 0 Å². The zero-order valence-electron chi connectivity index (χ0n) is 8.87. The lowest BCUT2D eigenvalue weighted by atomic mass is 10.0. The van der Waals surface area contributed by atoms with Crippen LogP contribution in [-0.4, -0.2) is 11.3 Å². The van der Waals surface area contributed by atoms with Gasteiger partial charge in [-0.3, -0.25) is 4.79 Å². The van der Waals surface area contributed by atoms with Crippen LogP contribution in [0.1, 0.15) is 21.6 Å². The molecule has 15 heavy (non-hydrogen) atoms. The fraction of sp³-hybridized carbons (Fsp3) is 0.154. The Bertz CT molecular complexity index is 497. The van der Waals surface area contributed by atoms with Gasteiger partial charge in [0.05, 0.1) is 5.69 Å². The molecule has 0 saturated heterocycles. The number of aromatic amines is 1. The van der Waals surface area contributed by atoms with Gasteiger partial charge in [0.25, 0.3) is 0 Å². The number of aldehydes is 1. The van der Waals surface area contributed by atoms with Crippen LogP contribution in [0.2, 0.25) is 0 Å². The van der Waals surface area contributed by atoms with E-state index in [4.69, 9.17) is 0 Å². The summed E-state index contributed by atoms with van der Waals surface area (Å²) in [6, 6.07) is 8.19. The van der Waals surface area contributed by atoms with Gasteiger partial charge in [0.2, 0.25) is 0 Å². The molecule has 1 heterocycles. The maximum Gasteiger partial charge on any atom is 0.166 e. The van der Waals surface area contributed by atoms with Crippen molar-refractivity contribution in [2.24, 2.45) is 0 Å². The highest BCUT2D eigenvalue weighted by Crippen LogP contribution is 2.24. The van der Waals surface area contributed by atoms with E-state index in [-0.39, 0.29) is 0 Å². The molecule has 2 rings (SSSR count). The predicted octanol–water partition coefficient (Wildman–Crippen LogP) is 3.11. The Morgan fingerprint density at radius 3 is 2.67 bits per heavy atom. The van der Waals surface area contributed by atoms with Gasteiger partial charge >= 0.3 is 0 Å². The summed E-state index contributed by atoms with van der Waals surface area (Å²) in [7, 11) is 0. The summed E-state index contributed by atoms with van der Waals surface area (Å²) < 4.78 is 0. The second kappa shape index (κ2) is 3.73. The summed E-state index contributed by atoms with van der Waals surface area (Å²) in [4.78, 5) is 13.5. The largest absolute Gasteiger partial charge is 0.358 e. The Kier molecular flexibility index (Phi) is 2.42. The van der Waals surface area contributed by atoms with Crippen LogP contribution in [0.25, 0.3) is 11.1 Å². The Labute approximate surface area is 89.0 Å². The van der Waals surface area contributed by atoms with Crippen molar-refractivity contribution >= 4 is 6.29 Å². The van der Waals surface area contributed by atoms with E-state index in [9.17, 15) is 4.79 Å². The molecule has 0 atom stereocenters. The van der Waals surface area contributed by atoms with Crippen molar-refractivity contribution in [3.63, 3.8) is 0 Å². The number of carbonyl (C=O) groups is 1. The monoisotopic (exact) mass is 199 g/mol. The lowest BCUT2D eigenvalue weighted by molar-refractivity contribution is 0.111. The molecule has 76 valence electrons. The summed E-state index contributed by atoms with van der Waals surface area (Å²) in [5, 5.41) is 0. The van der Waals surface area contributed by atoms with Gasteiger partial charge < -0.3 is 4.98 Å². The highest BCUT2D eigenvalue weighted by molar-refractivity contribution is 5.78. The Morgan fingerprint density at radius 1 is 1.20 bits per heavy atom. The molecule has 0 aliphatic rings. The standard InChI is InChI=1S/C13H13NO/c1-9-3-4-10(2)13(5-9)11-6-12(8-15)14-7-11/h3-8,14H,1-2H3. The van der Waals surface area contributed by atoms with Gasteiger partial charge in [-0.15, -0.1) is 0 Å². The van der Waals surface area contributed by atoms with Crippen LogP contribution >= 0.6 is 0 Å². The molecule has 0 radical (unpaired) electrons. The third kappa shape index (κ3) is 1.84. The molecule has 1 aromatic carbocycles. The molecule has 0 spiro atoms. The van der Waals surface area contributed by atoms with E-state index in [0.717, 1.165) is 11.8 Å². The van der Waals surface area contributed by atoms with E-state index in [0.29, 0.717) is 5.69 Å². The van der Waals surface area contributed by atoms with Crippen molar-refractivity contribution in [3.8, 4) is 11.1 Å². The third-order valence-corrected chi connectivity index (χ3v) is 2.54. The van der Waals surface area contributed by atoms with Crippen LogP contribution in [0.15, 0.2) is 30.5 Å². The first-order chi connectivity index (χ1) is 7.20. The van der Waals surface area contributed by atoms with Crippen molar-refractivity contribution in [2.45, 2.75) is 13.8 Å². The number of H-pyrrole nitrogens is 1. The summed E-state index contributed by atoms with van der Waals surface area (Å²) >= 11 is 0. The number of aryl methyl sites for hydroxylation is 2. The van der Waals surface area contributed by atoms with Crippen LogP contribution in [0, 0.1) is 13.8 Å². The van der Waals surface area contributed by atoms with Crippen molar-refractivity contribution < 1.29 is 4.79 Å². The van der Waals surface area contributed by atoms with Crippen molar-refractivity contribution in [1.82, 2.24) is 4.98 Å². The number of hydrogen-bond acceptors (Lipinski definition) is 1. The van der Waals surface area contributed by atoms with Crippen molar-refractivity contribution in [2.75, 3.05) is 0 Å². The molecule has 0 unspecified atom stereocenters. The van der Waals surface area contributed by atoms with Gasteiger partial charge in [-0.1, -0.05) is 23.8 Å². The maximum atomic E-state index is 10.6. The van der Waals surface area contributed by atoms with Crippen LogP contribution in [0.5, 0.6) is 0 Å². The number of aromatic nitrogens is 1. The minimum atomic E-state index is 0.617. The second-order valence-corrected chi connectivity index (χ2v) is 3.78. The molecule has 0 bridgehead atoms. The van der Waals surface area contributed by atoms with Gasteiger partial charge in [-0.25, -0.2) is 0 Å². The van der Waals surface area contributed by atoms with E-state index >= 15 is 0 Å². The van der Waals surface area contributed by atoms with Crippen molar-refractivity contribution in [1.29, 1.82) is 0 Å². The Balaban J connectivity index is 2.52. The first kappa shape index (κ1) is 9.71. The highest BCUT2D eigenvalue weighted by atomic mass is 16.1. The average molecular weight is 199 g/mol. The molecule has 0 saturated carbocycles. The first-order valence-corrected chi connectivity index (χ1v) is 4.92. The normalized spacial score (nSPS) is 10.3. The molecule has 0 aliphatic carbocycles. The SMILES string of the molecule is Cc1ccc(C)c(-c2c[nH]c(C=O)c2)c1. The van der Waals surface area contributed by atoms with Gasteiger partial charge in [-0.05, 0) is 31.0 Å². The minimum Gasteiger partial charge on any atom is -0.358 e. The predicted molar refractivity (Wildman–Crippen MR) is 61.1 cm³/mol. The van der Waals surface area contributed by atoms with Crippen LogP contribution in [0.3, 0.4) is 0 Å². The van der Waals surface area contributed by atoms with Crippen molar-refractivity contribution in [3.05, 3.63) is 47.3 Å². The first-order valence-electron chi connectivity index (χ1n) is 4.92. The molecule has 0 fully saturated rings. The third-order valence-electron chi connectivity index (χ3n) is 2.54. The second-order valence-electron chi connectivity index (χ2n) is 3.78. The molecule has 0 amide bonds. The number of benzene rings is 1. The van der Waals surface area contributed by atoms with Gasteiger partial charge in [0, 0.05) is 11.8 Å². The lowest BCUT2D eigenvalue weighted by Crippen LogP contribution is -1.82. The van der Waals surface area contributed by atoms with E-state index in [2.05, 4.69) is 37.0 Å². The molecular weight excluding hydrogens is 186 g/mol. The molecule has 0 aliphatic heterocycles. The lowest BCUT2D eigenvalue weighted by Gasteiger charge is -2.04. The Morgan fingerprint density at radius 2 is 2.00 bits per heavy atom. The van der Waals surface area contributed by atoms with E-state index in [1.165, 1.54) is 16.7 Å². The smallest absolute Gasteiger partial charge is 0.166 e. The zero-order chi connectivity index (χ0) is 10.8. The number of hydrogen-bond donors (Lipinski definition) is 1. The number of nitrogens with one attached hydrogen (secondary N) is 1. The van der Waals surface area contributed by atoms with Gasteiger partial charge in [-0.2, -0.15) is 0 Å². The van der Waals surface area contributed by atoms with Gasteiger partial charge in [0.1, 0.15) is 0 Å². The summed E-state index contributed by atoms with van der Waals surface area (Å²) in [5.74, 6) is 0. The number of carbonyl (C=O) groups excluding carboxylic acids is 1. The quantitative estimate of drug-likeness (QED) is 0.740. The molecule has 1 N–H and O–H groups in total. The summed E-state index contributed by atoms with van der Waals surface area (Å²) in [5.41, 5.74) is 5.31. The fourth-order valence-corrected chi connectivity index (χ4v) is 1.68. The highest BCUT2D eigenvalue weighted by Gasteiger charge is 2.04. The van der Waals surface area contributed by atoms with Crippen LogP contribution < -0.4 is 0 Å². The Hall–Kier alpha value is -1.83. The number of rotatable bonds is 2. The average Bonchev–Trinajstić information content (AvgIpc) is 2.70. The zero-order valence-corrected chi connectivity index (χ0v) is 8.87. The molecule has 1 aromatic heterocycles. The summed E-state index contributed by atoms with van der Waals surface area (Å²) in [6.07, 6.45) is 2.69. The molecule has 2 heteroatoms. The minimum absolute atomic E-state index is 0.617. The van der Waals surface area contributed by atoms with Gasteiger partial charge in [0.15, 0.2) is 6.29 Å². The van der Waals surface area contributed by atoms with E-state index in [1.54, 1.807) is 0 Å². The molecule has 2 aromatic rings. The topological polar surface area (TPSA) is 32.9 Å². The van der Waals surface area contributed by atoms with Crippen LogP contribution in [0.4, 0.5) is 0 Å². The molecule has 2 nitrogen and oxygen atoms in total. The van der Waals surface area contributed by atoms with E-state index in [1.807, 2.05) is 12.3 Å².